The first kappa shape index (κ1) is 14.3. The van der Waals surface area contributed by atoms with Crippen molar-refractivity contribution in [2.75, 3.05) is 12.4 Å². The van der Waals surface area contributed by atoms with Gasteiger partial charge in [0.1, 0.15) is 11.6 Å². The average Bonchev–Trinajstić information content (AvgIpc) is 2.45. The summed E-state index contributed by atoms with van der Waals surface area (Å²) < 4.78 is 6.08. The first-order valence-corrected chi connectivity index (χ1v) is 6.76. The zero-order valence-electron chi connectivity index (χ0n) is 10.9. The molecular formula is C14H14BrN3O2. The van der Waals surface area contributed by atoms with E-state index < -0.39 is 0 Å². The van der Waals surface area contributed by atoms with Crippen LogP contribution in [0.1, 0.15) is 5.56 Å². The van der Waals surface area contributed by atoms with Crippen LogP contribution in [0.3, 0.4) is 0 Å². The van der Waals surface area contributed by atoms with Gasteiger partial charge < -0.3 is 10.1 Å². The number of methoxy groups -OCH3 is 1. The molecule has 0 unspecified atom stereocenters. The maximum absolute atomic E-state index is 11.8. The number of ether oxygens (including phenoxy) is 1. The number of amides is 2. The van der Waals surface area contributed by atoms with Gasteiger partial charge in [0.05, 0.1) is 7.11 Å². The Morgan fingerprint density at radius 3 is 2.90 bits per heavy atom. The zero-order chi connectivity index (χ0) is 14.4. The molecule has 0 radical (unpaired) electrons. The average molecular weight is 336 g/mol. The van der Waals surface area contributed by atoms with Gasteiger partial charge in [0, 0.05) is 22.8 Å². The van der Waals surface area contributed by atoms with E-state index >= 15 is 0 Å². The van der Waals surface area contributed by atoms with Gasteiger partial charge in [-0.1, -0.05) is 34.1 Å². The number of hydrogen-bond donors (Lipinski definition) is 2. The Hall–Kier alpha value is -2.08. The second-order valence-electron chi connectivity index (χ2n) is 3.98. The summed E-state index contributed by atoms with van der Waals surface area (Å²) in [6.45, 7) is 0.379. The Kier molecular flexibility index (Phi) is 4.95. The molecule has 1 heterocycles. The van der Waals surface area contributed by atoms with Crippen LogP contribution in [0.5, 0.6) is 5.75 Å². The number of halogens is 1. The number of hydrogen-bond acceptors (Lipinski definition) is 3. The maximum Gasteiger partial charge on any atom is 0.320 e. The van der Waals surface area contributed by atoms with E-state index in [1.165, 1.54) is 0 Å². The van der Waals surface area contributed by atoms with Gasteiger partial charge in [-0.05, 0) is 18.2 Å². The molecule has 2 aromatic rings. The van der Waals surface area contributed by atoms with Crippen molar-refractivity contribution in [1.29, 1.82) is 0 Å². The third-order valence-electron chi connectivity index (χ3n) is 2.60. The van der Waals surface area contributed by atoms with Gasteiger partial charge in [0.2, 0.25) is 0 Å². The fourth-order valence-corrected chi connectivity index (χ4v) is 1.99. The van der Waals surface area contributed by atoms with E-state index in [0.717, 1.165) is 15.8 Å². The highest BCUT2D eigenvalue weighted by Gasteiger charge is 2.05. The first-order valence-electron chi connectivity index (χ1n) is 5.97. The number of nitrogens with one attached hydrogen (secondary N) is 2. The highest BCUT2D eigenvalue weighted by molar-refractivity contribution is 9.10. The van der Waals surface area contributed by atoms with Crippen LogP contribution in [0.15, 0.2) is 47.1 Å². The minimum atomic E-state index is -0.318. The molecule has 0 fully saturated rings. The summed E-state index contributed by atoms with van der Waals surface area (Å²) in [6.07, 6.45) is 1.61. The van der Waals surface area contributed by atoms with Crippen molar-refractivity contribution in [1.82, 2.24) is 10.3 Å². The van der Waals surface area contributed by atoms with Crippen LogP contribution >= 0.6 is 15.9 Å². The van der Waals surface area contributed by atoms with E-state index in [4.69, 9.17) is 4.74 Å². The molecular weight excluding hydrogens is 322 g/mol. The van der Waals surface area contributed by atoms with Gasteiger partial charge >= 0.3 is 6.03 Å². The predicted molar refractivity (Wildman–Crippen MR) is 80.8 cm³/mol. The molecule has 104 valence electrons. The molecule has 0 aliphatic carbocycles. The molecule has 2 N–H and O–H groups in total. The molecule has 2 amide bonds. The Balaban J connectivity index is 1.92. The van der Waals surface area contributed by atoms with E-state index in [9.17, 15) is 4.79 Å². The number of carbonyl (C=O) groups excluding carboxylic acids is 1. The van der Waals surface area contributed by atoms with E-state index in [0.29, 0.717) is 12.4 Å². The third kappa shape index (κ3) is 3.96. The van der Waals surface area contributed by atoms with Gasteiger partial charge in [-0.15, -0.1) is 0 Å². The van der Waals surface area contributed by atoms with E-state index in [-0.39, 0.29) is 6.03 Å². The van der Waals surface area contributed by atoms with E-state index in [1.807, 2.05) is 24.3 Å². The van der Waals surface area contributed by atoms with Crippen LogP contribution in [0, 0.1) is 0 Å². The molecule has 1 aromatic carbocycles. The second kappa shape index (κ2) is 6.91. The minimum Gasteiger partial charge on any atom is -0.496 e. The minimum absolute atomic E-state index is 0.318. The molecule has 20 heavy (non-hydrogen) atoms. The predicted octanol–water partition coefficient (Wildman–Crippen LogP) is 3.17. The molecule has 5 nitrogen and oxygen atoms in total. The lowest BCUT2D eigenvalue weighted by Crippen LogP contribution is -2.28. The topological polar surface area (TPSA) is 63.2 Å². The molecule has 1 aromatic heterocycles. The van der Waals surface area contributed by atoms with Crippen molar-refractivity contribution in [3.8, 4) is 5.75 Å². The van der Waals surface area contributed by atoms with Crippen molar-refractivity contribution < 1.29 is 9.53 Å². The highest BCUT2D eigenvalue weighted by atomic mass is 79.9. The number of anilines is 1. The van der Waals surface area contributed by atoms with E-state index in [2.05, 4.69) is 31.5 Å². The second-order valence-corrected chi connectivity index (χ2v) is 4.89. The van der Waals surface area contributed by atoms with Gasteiger partial charge in [0.25, 0.3) is 0 Å². The molecule has 2 rings (SSSR count). The fourth-order valence-electron chi connectivity index (χ4n) is 1.66. The highest BCUT2D eigenvalue weighted by Crippen LogP contribution is 2.17. The van der Waals surface area contributed by atoms with Crippen LogP contribution in [0.4, 0.5) is 10.6 Å². The number of para-hydroxylation sites is 1. The fraction of sp³-hybridized carbons (Fsp3) is 0.143. The van der Waals surface area contributed by atoms with Crippen LogP contribution in [-0.4, -0.2) is 18.1 Å². The molecule has 0 atom stereocenters. The Morgan fingerprint density at radius 2 is 2.15 bits per heavy atom. The standard InChI is InChI=1S/C14H14BrN3O2/c1-20-12-5-3-2-4-10(12)9-17-14(19)18-13-8-11(15)6-7-16-13/h2-8H,9H2,1H3,(H2,16,17,18,19). The Morgan fingerprint density at radius 1 is 1.35 bits per heavy atom. The first-order chi connectivity index (χ1) is 9.69. The maximum atomic E-state index is 11.8. The number of carbonyl (C=O) groups is 1. The Labute approximate surface area is 125 Å². The lowest BCUT2D eigenvalue weighted by molar-refractivity contribution is 0.251. The largest absolute Gasteiger partial charge is 0.496 e. The van der Waals surface area contributed by atoms with Crippen LogP contribution in [0.25, 0.3) is 0 Å². The molecule has 0 bridgehead atoms. The summed E-state index contributed by atoms with van der Waals surface area (Å²) in [6, 6.07) is 10.7. The molecule has 0 spiro atoms. The Bertz CT molecular complexity index is 604. The summed E-state index contributed by atoms with van der Waals surface area (Å²) >= 11 is 3.32. The monoisotopic (exact) mass is 335 g/mol. The van der Waals surface area contributed by atoms with Crippen LogP contribution in [0.2, 0.25) is 0 Å². The smallest absolute Gasteiger partial charge is 0.320 e. The third-order valence-corrected chi connectivity index (χ3v) is 3.09. The molecule has 0 saturated heterocycles. The van der Waals surface area contributed by atoms with Crippen molar-refractivity contribution in [2.45, 2.75) is 6.54 Å². The number of nitrogens with zero attached hydrogens (tertiary/aromatic N) is 1. The quantitative estimate of drug-likeness (QED) is 0.901. The van der Waals surface area contributed by atoms with Crippen molar-refractivity contribution in [2.24, 2.45) is 0 Å². The normalized spacial score (nSPS) is 9.90. The van der Waals surface area contributed by atoms with Gasteiger partial charge in [-0.25, -0.2) is 9.78 Å². The molecule has 0 aliphatic heterocycles. The lowest BCUT2D eigenvalue weighted by Gasteiger charge is -2.10. The SMILES string of the molecule is COc1ccccc1CNC(=O)Nc1cc(Br)ccn1. The lowest BCUT2D eigenvalue weighted by atomic mass is 10.2. The summed E-state index contributed by atoms with van der Waals surface area (Å²) in [7, 11) is 1.60. The molecule has 6 heteroatoms. The van der Waals surface area contributed by atoms with Gasteiger partial charge in [-0.3, -0.25) is 5.32 Å². The van der Waals surface area contributed by atoms with Crippen molar-refractivity contribution in [3.05, 3.63) is 52.6 Å². The number of pyridine rings is 1. The van der Waals surface area contributed by atoms with Crippen LogP contribution in [-0.2, 0) is 6.54 Å². The van der Waals surface area contributed by atoms with Gasteiger partial charge in [0.15, 0.2) is 0 Å². The summed E-state index contributed by atoms with van der Waals surface area (Å²) in [5.74, 6) is 1.23. The van der Waals surface area contributed by atoms with E-state index in [1.54, 1.807) is 25.4 Å². The van der Waals surface area contributed by atoms with Gasteiger partial charge in [-0.2, -0.15) is 0 Å². The summed E-state index contributed by atoms with van der Waals surface area (Å²) in [5, 5.41) is 5.41. The van der Waals surface area contributed by atoms with Crippen molar-refractivity contribution in [3.63, 3.8) is 0 Å². The summed E-state index contributed by atoms with van der Waals surface area (Å²) in [5.41, 5.74) is 0.910. The number of benzene rings is 1. The summed E-state index contributed by atoms with van der Waals surface area (Å²) in [4.78, 5) is 15.8. The number of aromatic nitrogens is 1. The molecule has 0 aliphatic rings. The number of rotatable bonds is 4. The molecule has 0 saturated carbocycles. The zero-order valence-corrected chi connectivity index (χ0v) is 12.5. The number of urea groups is 1. The van der Waals surface area contributed by atoms with Crippen molar-refractivity contribution >= 4 is 27.8 Å². The van der Waals surface area contributed by atoms with Crippen LogP contribution < -0.4 is 15.4 Å².